The number of hydrogen-bond donors (Lipinski definition) is 2. The van der Waals surface area contributed by atoms with Gasteiger partial charge in [-0.15, -0.1) is 0 Å². The van der Waals surface area contributed by atoms with E-state index in [2.05, 4.69) is 10.1 Å². The molecule has 0 radical (unpaired) electrons. The second-order valence-corrected chi connectivity index (χ2v) is 9.15. The maximum absolute atomic E-state index is 13.2. The van der Waals surface area contributed by atoms with Gasteiger partial charge in [-0.05, 0) is 49.7 Å². The SMILES string of the molecule is NC(=O)[C@@H](C(=O)Nc1ccc(N2CCOCC2=O)cc1OC(F)F)N(CC1CCC1)CC1CC1. The maximum Gasteiger partial charge on any atom is 0.387 e. The molecule has 1 atom stereocenters. The second kappa shape index (κ2) is 10.6. The molecule has 4 rings (SSSR count). The zero-order valence-corrected chi connectivity index (χ0v) is 18.9. The highest BCUT2D eigenvalue weighted by atomic mass is 19.3. The first-order valence-corrected chi connectivity index (χ1v) is 11.6. The molecule has 1 saturated heterocycles. The van der Waals surface area contributed by atoms with Crippen molar-refractivity contribution in [3.05, 3.63) is 18.2 Å². The van der Waals surface area contributed by atoms with E-state index in [0.717, 1.165) is 32.1 Å². The van der Waals surface area contributed by atoms with E-state index in [9.17, 15) is 23.2 Å². The normalized spacial score (nSPS) is 19.8. The molecule has 1 aromatic carbocycles. The predicted octanol–water partition coefficient (Wildman–Crippen LogP) is 1.96. The molecule has 1 aliphatic heterocycles. The summed E-state index contributed by atoms with van der Waals surface area (Å²) in [5, 5.41) is 2.55. The van der Waals surface area contributed by atoms with Crippen LogP contribution < -0.4 is 20.7 Å². The number of anilines is 2. The van der Waals surface area contributed by atoms with E-state index < -0.39 is 24.5 Å². The summed E-state index contributed by atoms with van der Waals surface area (Å²) in [5.41, 5.74) is 5.94. The summed E-state index contributed by atoms with van der Waals surface area (Å²) in [7, 11) is 0. The van der Waals surface area contributed by atoms with Crippen LogP contribution in [0.3, 0.4) is 0 Å². The smallest absolute Gasteiger partial charge is 0.387 e. The number of nitrogens with zero attached hydrogens (tertiary/aromatic N) is 2. The number of carbonyl (C=O) groups excluding carboxylic acids is 3. The lowest BCUT2D eigenvalue weighted by atomic mass is 9.84. The van der Waals surface area contributed by atoms with E-state index in [1.807, 2.05) is 4.90 Å². The van der Waals surface area contributed by atoms with Gasteiger partial charge in [-0.1, -0.05) is 6.42 Å². The van der Waals surface area contributed by atoms with Crippen molar-refractivity contribution in [2.75, 3.05) is 43.1 Å². The van der Waals surface area contributed by atoms with Gasteiger partial charge in [0.15, 0.2) is 11.8 Å². The van der Waals surface area contributed by atoms with Crippen molar-refractivity contribution >= 4 is 29.1 Å². The monoisotopic (exact) mass is 480 g/mol. The Morgan fingerprint density at radius 2 is 1.91 bits per heavy atom. The third-order valence-electron chi connectivity index (χ3n) is 6.53. The number of primary amides is 1. The topological polar surface area (TPSA) is 114 Å². The van der Waals surface area contributed by atoms with Crippen molar-refractivity contribution in [2.45, 2.75) is 44.8 Å². The Hall–Kier alpha value is -2.79. The number of benzene rings is 1. The first-order chi connectivity index (χ1) is 16.3. The maximum atomic E-state index is 13.2. The second-order valence-electron chi connectivity index (χ2n) is 9.15. The number of nitrogens with two attached hydrogens (primary N) is 1. The number of ether oxygens (including phenoxy) is 2. The largest absolute Gasteiger partial charge is 0.433 e. The van der Waals surface area contributed by atoms with Crippen molar-refractivity contribution in [2.24, 2.45) is 17.6 Å². The minimum atomic E-state index is -3.15. The molecule has 0 bridgehead atoms. The van der Waals surface area contributed by atoms with E-state index in [1.54, 1.807) is 0 Å². The van der Waals surface area contributed by atoms with Crippen molar-refractivity contribution in [1.29, 1.82) is 0 Å². The van der Waals surface area contributed by atoms with Gasteiger partial charge in [0.2, 0.25) is 5.91 Å². The van der Waals surface area contributed by atoms with E-state index in [0.29, 0.717) is 37.2 Å². The molecule has 1 aromatic rings. The Morgan fingerprint density at radius 1 is 1.21 bits per heavy atom. The minimum absolute atomic E-state index is 0.0315. The van der Waals surface area contributed by atoms with Crippen molar-refractivity contribution in [1.82, 2.24) is 4.90 Å². The fraction of sp³-hybridized carbons (Fsp3) is 0.609. The summed E-state index contributed by atoms with van der Waals surface area (Å²) in [6.45, 7) is -1.50. The Kier molecular flexibility index (Phi) is 7.62. The summed E-state index contributed by atoms with van der Waals surface area (Å²) >= 11 is 0. The van der Waals surface area contributed by atoms with Crippen LogP contribution >= 0.6 is 0 Å². The molecule has 3 fully saturated rings. The molecule has 34 heavy (non-hydrogen) atoms. The average Bonchev–Trinajstić information content (AvgIpc) is 3.56. The summed E-state index contributed by atoms with van der Waals surface area (Å²) in [4.78, 5) is 40.9. The molecule has 3 N–H and O–H groups in total. The van der Waals surface area contributed by atoms with Gasteiger partial charge in [0, 0.05) is 31.4 Å². The highest BCUT2D eigenvalue weighted by Crippen LogP contribution is 2.35. The van der Waals surface area contributed by atoms with Crippen molar-refractivity contribution in [3.63, 3.8) is 0 Å². The number of hydrogen-bond acceptors (Lipinski definition) is 6. The van der Waals surface area contributed by atoms with Gasteiger partial charge in [0.1, 0.15) is 6.61 Å². The highest BCUT2D eigenvalue weighted by Gasteiger charge is 2.37. The van der Waals surface area contributed by atoms with Crippen LogP contribution in [0.2, 0.25) is 0 Å². The number of amides is 3. The first kappa shape index (κ1) is 24.3. The minimum Gasteiger partial charge on any atom is -0.433 e. The fourth-order valence-corrected chi connectivity index (χ4v) is 4.37. The number of nitrogens with one attached hydrogen (secondary N) is 1. The third kappa shape index (κ3) is 6.01. The van der Waals surface area contributed by atoms with E-state index in [4.69, 9.17) is 10.5 Å². The van der Waals surface area contributed by atoms with Gasteiger partial charge in [-0.2, -0.15) is 8.78 Å². The summed E-state index contributed by atoms with van der Waals surface area (Å²) in [6.07, 6.45) is 5.30. The van der Waals surface area contributed by atoms with Crippen LogP contribution in [0.15, 0.2) is 18.2 Å². The lowest BCUT2D eigenvalue weighted by Gasteiger charge is -2.35. The molecule has 1 heterocycles. The number of rotatable bonds is 11. The predicted molar refractivity (Wildman–Crippen MR) is 119 cm³/mol. The number of halogens is 2. The zero-order valence-electron chi connectivity index (χ0n) is 18.9. The number of alkyl halides is 2. The molecular formula is C23H30F2N4O5. The Bertz CT molecular complexity index is 923. The summed E-state index contributed by atoms with van der Waals surface area (Å²) in [6, 6.07) is 2.94. The lowest BCUT2D eigenvalue weighted by Crippen LogP contribution is -2.54. The van der Waals surface area contributed by atoms with Crippen LogP contribution in [0.1, 0.15) is 32.1 Å². The van der Waals surface area contributed by atoms with Crippen LogP contribution in [-0.2, 0) is 19.1 Å². The molecule has 3 aliphatic rings. The fourth-order valence-electron chi connectivity index (χ4n) is 4.37. The van der Waals surface area contributed by atoms with E-state index >= 15 is 0 Å². The van der Waals surface area contributed by atoms with E-state index in [-0.39, 0.29) is 30.5 Å². The molecule has 0 aromatic heterocycles. The van der Waals surface area contributed by atoms with Gasteiger partial charge in [-0.25, -0.2) is 0 Å². The molecule has 2 aliphatic carbocycles. The third-order valence-corrected chi connectivity index (χ3v) is 6.53. The van der Waals surface area contributed by atoms with Crippen molar-refractivity contribution < 1.29 is 32.6 Å². The summed E-state index contributed by atoms with van der Waals surface area (Å²) in [5.74, 6) is -1.26. The van der Waals surface area contributed by atoms with Gasteiger partial charge in [0.25, 0.3) is 11.8 Å². The first-order valence-electron chi connectivity index (χ1n) is 11.6. The lowest BCUT2D eigenvalue weighted by molar-refractivity contribution is -0.133. The highest BCUT2D eigenvalue weighted by molar-refractivity contribution is 6.10. The van der Waals surface area contributed by atoms with Crippen molar-refractivity contribution in [3.8, 4) is 5.75 Å². The molecule has 186 valence electrons. The Labute approximate surface area is 196 Å². The molecule has 3 amide bonds. The quantitative estimate of drug-likeness (QED) is 0.468. The Morgan fingerprint density at radius 3 is 2.47 bits per heavy atom. The van der Waals surface area contributed by atoms with Crippen LogP contribution in [0.5, 0.6) is 5.75 Å². The number of morpholine rings is 1. The molecule has 11 heteroatoms. The number of carbonyl (C=O) groups is 3. The van der Waals surface area contributed by atoms with Gasteiger partial charge < -0.3 is 25.4 Å². The van der Waals surface area contributed by atoms with Crippen LogP contribution in [0, 0.1) is 11.8 Å². The molecule has 2 saturated carbocycles. The molecular weight excluding hydrogens is 450 g/mol. The van der Waals surface area contributed by atoms with Crippen LogP contribution in [0.4, 0.5) is 20.2 Å². The Balaban J connectivity index is 1.54. The summed E-state index contributed by atoms with van der Waals surface area (Å²) < 4.78 is 36.0. The van der Waals surface area contributed by atoms with Gasteiger partial charge in [-0.3, -0.25) is 19.3 Å². The van der Waals surface area contributed by atoms with Gasteiger partial charge in [0.05, 0.1) is 12.3 Å². The zero-order chi connectivity index (χ0) is 24.2. The van der Waals surface area contributed by atoms with Gasteiger partial charge >= 0.3 is 6.61 Å². The molecule has 9 nitrogen and oxygen atoms in total. The van der Waals surface area contributed by atoms with Crippen LogP contribution in [-0.4, -0.2) is 68.1 Å². The average molecular weight is 481 g/mol. The van der Waals surface area contributed by atoms with Crippen LogP contribution in [0.25, 0.3) is 0 Å². The molecule has 0 spiro atoms. The standard InChI is InChI=1S/C23H30F2N4O5/c24-23(25)34-18-10-16(29-8-9-33-13-19(29)30)6-7-17(18)27-22(32)20(21(26)31)28(12-15-4-5-15)11-14-2-1-3-14/h6-7,10,14-15,20,23H,1-5,8-9,11-13H2,(H2,26,31)(H,27,32)/t20-/m0/s1. The van der Waals surface area contributed by atoms with E-state index in [1.165, 1.54) is 23.1 Å². The molecule has 0 unspecified atom stereocenters.